The van der Waals surface area contributed by atoms with Crippen LogP contribution in [-0.4, -0.2) is 78.4 Å². The Balaban J connectivity index is 0.000000426. The number of ether oxygens (including phenoxy) is 1. The zero-order valence-corrected chi connectivity index (χ0v) is 23.3. The molecule has 2 aromatic carbocycles. The Morgan fingerprint density at radius 3 is 2.12 bits per heavy atom. The minimum Gasteiger partial charge on any atom is -0.478 e. The van der Waals surface area contributed by atoms with Gasteiger partial charge in [-0.1, -0.05) is 60.7 Å². The number of nitrogens with zero attached hydrogens (tertiary/aromatic N) is 5. The molecule has 0 saturated carbocycles. The predicted octanol–water partition coefficient (Wildman–Crippen LogP) is 4.59. The number of carboxylic acid groups (broad SMARTS) is 2. The summed E-state index contributed by atoms with van der Waals surface area (Å²) in [6, 6.07) is 25.1. The van der Waals surface area contributed by atoms with Crippen molar-refractivity contribution in [3.05, 3.63) is 102 Å². The van der Waals surface area contributed by atoms with Gasteiger partial charge in [0.15, 0.2) is 5.65 Å². The number of fused-ring (bicyclic) bond motifs is 1. The van der Waals surface area contributed by atoms with E-state index in [2.05, 4.69) is 80.7 Å². The first-order valence-corrected chi connectivity index (χ1v) is 14.4. The summed E-state index contributed by atoms with van der Waals surface area (Å²) in [5.41, 5.74) is 3.23. The molecule has 0 spiro atoms. The Labute approximate surface area is 242 Å². The second-order valence-corrected chi connectivity index (χ2v) is 10.5. The lowest BCUT2D eigenvalue weighted by molar-refractivity contribution is -0.134. The SMILES string of the molecule is O=C(O)/C=C/C(=O)O.c1ccc(C(OC2CCN(CCCSc3ccc4ncnn4n3)CC2)c2ccccc2)cc1. The van der Waals surface area contributed by atoms with Crippen LogP contribution in [0.3, 0.4) is 0 Å². The number of likely N-dealkylation sites (tertiary alicyclic amines) is 1. The Kier molecular flexibility index (Phi) is 11.4. The first-order chi connectivity index (χ1) is 20.0. The average molecular weight is 576 g/mol. The van der Waals surface area contributed by atoms with Gasteiger partial charge in [0.05, 0.1) is 6.10 Å². The Bertz CT molecular complexity index is 1350. The van der Waals surface area contributed by atoms with Crippen LogP contribution in [-0.2, 0) is 14.3 Å². The van der Waals surface area contributed by atoms with Gasteiger partial charge in [-0.05, 0) is 49.1 Å². The largest absolute Gasteiger partial charge is 0.478 e. The second-order valence-electron chi connectivity index (χ2n) is 9.37. The predicted molar refractivity (Wildman–Crippen MR) is 156 cm³/mol. The van der Waals surface area contributed by atoms with E-state index in [9.17, 15) is 9.59 Å². The molecule has 0 aliphatic carbocycles. The zero-order chi connectivity index (χ0) is 28.9. The van der Waals surface area contributed by atoms with E-state index in [0.717, 1.165) is 55.3 Å². The van der Waals surface area contributed by atoms with E-state index in [-0.39, 0.29) is 6.10 Å². The maximum atomic E-state index is 9.55. The molecule has 2 aromatic heterocycles. The summed E-state index contributed by atoms with van der Waals surface area (Å²) in [5.74, 6) is -1.46. The quantitative estimate of drug-likeness (QED) is 0.149. The number of hydrogen-bond acceptors (Lipinski definition) is 8. The topological polar surface area (TPSA) is 130 Å². The molecular weight excluding hydrogens is 542 g/mol. The summed E-state index contributed by atoms with van der Waals surface area (Å²) in [4.78, 5) is 25.8. The summed E-state index contributed by atoms with van der Waals surface area (Å²) in [7, 11) is 0. The van der Waals surface area contributed by atoms with Crippen molar-refractivity contribution >= 4 is 29.3 Å². The first-order valence-electron chi connectivity index (χ1n) is 13.4. The number of rotatable bonds is 11. The zero-order valence-electron chi connectivity index (χ0n) is 22.5. The number of hydrogen-bond donors (Lipinski definition) is 2. The number of piperidine rings is 1. The van der Waals surface area contributed by atoms with Gasteiger partial charge in [0.25, 0.3) is 0 Å². The molecule has 5 rings (SSSR count). The molecule has 11 heteroatoms. The molecular formula is C30H33N5O5S. The molecule has 1 fully saturated rings. The van der Waals surface area contributed by atoms with Crippen LogP contribution in [0, 0.1) is 0 Å². The summed E-state index contributed by atoms with van der Waals surface area (Å²) < 4.78 is 8.26. The van der Waals surface area contributed by atoms with Crippen molar-refractivity contribution in [3.8, 4) is 0 Å². The van der Waals surface area contributed by atoms with Crippen molar-refractivity contribution in [1.29, 1.82) is 0 Å². The van der Waals surface area contributed by atoms with Crippen molar-refractivity contribution in [3.63, 3.8) is 0 Å². The van der Waals surface area contributed by atoms with Gasteiger partial charge in [-0.2, -0.15) is 0 Å². The molecule has 0 bridgehead atoms. The van der Waals surface area contributed by atoms with E-state index in [1.807, 2.05) is 12.1 Å². The minimum absolute atomic E-state index is 0.00447. The van der Waals surface area contributed by atoms with Gasteiger partial charge < -0.3 is 19.8 Å². The van der Waals surface area contributed by atoms with Crippen molar-refractivity contribution in [2.75, 3.05) is 25.4 Å². The van der Waals surface area contributed by atoms with E-state index in [1.165, 1.54) is 17.5 Å². The highest BCUT2D eigenvalue weighted by molar-refractivity contribution is 7.99. The van der Waals surface area contributed by atoms with Crippen molar-refractivity contribution < 1.29 is 24.5 Å². The molecule has 41 heavy (non-hydrogen) atoms. The highest BCUT2D eigenvalue weighted by Gasteiger charge is 2.24. The van der Waals surface area contributed by atoms with Gasteiger partial charge in [0.2, 0.25) is 0 Å². The van der Waals surface area contributed by atoms with E-state index in [1.54, 1.807) is 16.4 Å². The molecule has 0 amide bonds. The lowest BCUT2D eigenvalue weighted by atomic mass is 10.00. The maximum absolute atomic E-state index is 9.55. The van der Waals surface area contributed by atoms with Crippen LogP contribution in [0.2, 0.25) is 0 Å². The summed E-state index contributed by atoms with van der Waals surface area (Å²) in [5, 5.41) is 25.2. The number of aliphatic carboxylic acids is 2. The molecule has 1 aliphatic heterocycles. The highest BCUT2D eigenvalue weighted by atomic mass is 32.2. The molecule has 0 radical (unpaired) electrons. The van der Waals surface area contributed by atoms with Gasteiger partial charge in [0, 0.05) is 31.0 Å². The number of aromatic nitrogens is 4. The van der Waals surface area contributed by atoms with Crippen LogP contribution >= 0.6 is 11.8 Å². The van der Waals surface area contributed by atoms with Gasteiger partial charge in [-0.25, -0.2) is 14.6 Å². The summed E-state index contributed by atoms with van der Waals surface area (Å²) >= 11 is 1.78. The van der Waals surface area contributed by atoms with Crippen molar-refractivity contribution in [2.24, 2.45) is 0 Å². The van der Waals surface area contributed by atoms with Gasteiger partial charge in [0.1, 0.15) is 17.5 Å². The monoisotopic (exact) mass is 575 g/mol. The van der Waals surface area contributed by atoms with E-state index in [0.29, 0.717) is 18.3 Å². The molecule has 0 unspecified atom stereocenters. The summed E-state index contributed by atoms with van der Waals surface area (Å²) in [6.07, 6.45) is 6.23. The molecule has 1 aliphatic rings. The Hall–Kier alpha value is -4.06. The fourth-order valence-electron chi connectivity index (χ4n) is 4.46. The lowest BCUT2D eigenvalue weighted by Crippen LogP contribution is -2.38. The van der Waals surface area contributed by atoms with Crippen molar-refractivity contribution in [1.82, 2.24) is 24.7 Å². The maximum Gasteiger partial charge on any atom is 0.328 e. The second kappa shape index (κ2) is 15.7. The Morgan fingerprint density at radius 1 is 0.927 bits per heavy atom. The molecule has 10 nitrogen and oxygen atoms in total. The number of carboxylic acids is 2. The van der Waals surface area contributed by atoms with Crippen LogP contribution in [0.5, 0.6) is 0 Å². The minimum atomic E-state index is -1.26. The van der Waals surface area contributed by atoms with Gasteiger partial charge >= 0.3 is 11.9 Å². The number of benzene rings is 2. The third kappa shape index (κ3) is 9.82. The molecule has 0 atom stereocenters. The third-order valence-electron chi connectivity index (χ3n) is 6.43. The normalized spacial score (nSPS) is 14.3. The average Bonchev–Trinajstić information content (AvgIpc) is 3.47. The highest BCUT2D eigenvalue weighted by Crippen LogP contribution is 2.30. The molecule has 3 heterocycles. The molecule has 214 valence electrons. The third-order valence-corrected chi connectivity index (χ3v) is 7.44. The lowest BCUT2D eigenvalue weighted by Gasteiger charge is -2.34. The molecule has 2 N–H and O–H groups in total. The van der Waals surface area contributed by atoms with Crippen molar-refractivity contribution in [2.45, 2.75) is 36.5 Å². The van der Waals surface area contributed by atoms with Crippen LogP contribution in [0.25, 0.3) is 5.65 Å². The van der Waals surface area contributed by atoms with E-state index in [4.69, 9.17) is 14.9 Å². The van der Waals surface area contributed by atoms with Crippen LogP contribution in [0.15, 0.2) is 96.3 Å². The first kappa shape index (κ1) is 29.9. The van der Waals surface area contributed by atoms with E-state index >= 15 is 0 Å². The smallest absolute Gasteiger partial charge is 0.328 e. The van der Waals surface area contributed by atoms with E-state index < -0.39 is 11.9 Å². The van der Waals surface area contributed by atoms with Crippen LogP contribution in [0.4, 0.5) is 0 Å². The molecule has 1 saturated heterocycles. The Morgan fingerprint density at radius 2 is 1.54 bits per heavy atom. The van der Waals surface area contributed by atoms with Gasteiger partial charge in [-0.3, -0.25) is 0 Å². The standard InChI is InChI=1S/C26H29N5OS.C4H4O4/c1-3-8-21(9-4-1)26(22-10-5-2-6-11-22)32-23-14-17-30(18-15-23)16-7-19-33-25-13-12-24-27-20-28-31(24)29-25;5-3(6)1-2-4(7)8/h1-6,8-13,20,23,26H,7,14-19H2;1-2H,(H,5,6)(H,7,8)/b;2-1+. The fourth-order valence-corrected chi connectivity index (χ4v) is 5.24. The van der Waals surface area contributed by atoms with Crippen LogP contribution < -0.4 is 0 Å². The number of thioether (sulfide) groups is 1. The fraction of sp³-hybridized carbons (Fsp3) is 0.300. The summed E-state index contributed by atoms with van der Waals surface area (Å²) in [6.45, 7) is 3.30. The van der Waals surface area contributed by atoms with Crippen LogP contribution in [0.1, 0.15) is 36.5 Å². The molecule has 4 aromatic rings. The number of carbonyl (C=O) groups is 2. The van der Waals surface area contributed by atoms with Gasteiger partial charge in [-0.15, -0.1) is 26.6 Å².